The third-order valence-electron chi connectivity index (χ3n) is 12.1. The van der Waals surface area contributed by atoms with E-state index in [2.05, 4.69) is 228 Å². The Bertz CT molecular complexity index is 3130. The Morgan fingerprint density at radius 1 is 0.373 bits per heavy atom. The fourth-order valence-corrected chi connectivity index (χ4v) is 10.9. The van der Waals surface area contributed by atoms with E-state index in [0.29, 0.717) is 0 Å². The van der Waals surface area contributed by atoms with Crippen LogP contribution in [0.25, 0.3) is 33.1 Å². The summed E-state index contributed by atoms with van der Waals surface area (Å²) in [5, 5.41) is 2.13. The first-order chi connectivity index (χ1) is 29.3. The third kappa shape index (κ3) is 5.03. The molecule has 0 saturated heterocycles. The van der Waals surface area contributed by atoms with Crippen LogP contribution in [0, 0.1) is 0 Å². The highest BCUT2D eigenvalue weighted by atomic mass is 32.2. The van der Waals surface area contributed by atoms with Crippen LogP contribution < -0.4 is 9.80 Å². The number of para-hydroxylation sites is 4. The van der Waals surface area contributed by atoms with Crippen LogP contribution in [0.1, 0.15) is 22.3 Å². The molecule has 1 spiro atoms. The quantitative estimate of drug-likeness (QED) is 0.168. The van der Waals surface area contributed by atoms with Gasteiger partial charge in [-0.3, -0.25) is 0 Å². The molecule has 9 aromatic carbocycles. The molecule has 12 rings (SSSR count). The summed E-state index contributed by atoms with van der Waals surface area (Å²) in [4.78, 5) is 7.31. The van der Waals surface area contributed by atoms with Crippen molar-refractivity contribution in [3.63, 3.8) is 0 Å². The first-order valence-electron chi connectivity index (χ1n) is 20.1. The molecule has 1 aromatic heterocycles. The number of fused-ring (bicyclic) bond motifs is 12. The van der Waals surface area contributed by atoms with Gasteiger partial charge in [-0.25, -0.2) is 0 Å². The van der Waals surface area contributed by atoms with Crippen molar-refractivity contribution in [3.05, 3.63) is 241 Å². The maximum atomic E-state index is 7.05. The third-order valence-corrected chi connectivity index (χ3v) is 13.2. The lowest BCUT2D eigenvalue weighted by molar-refractivity contribution is 0.669. The Morgan fingerprint density at radius 2 is 0.864 bits per heavy atom. The molecular formula is C55H36N2OS. The van der Waals surface area contributed by atoms with Gasteiger partial charge in [0.15, 0.2) is 5.58 Å². The average molecular weight is 773 g/mol. The summed E-state index contributed by atoms with van der Waals surface area (Å²) in [5.41, 5.74) is 15.3. The van der Waals surface area contributed by atoms with Crippen molar-refractivity contribution < 1.29 is 4.42 Å². The van der Waals surface area contributed by atoms with Gasteiger partial charge >= 0.3 is 0 Å². The van der Waals surface area contributed by atoms with Gasteiger partial charge in [0.05, 0.1) is 22.2 Å². The van der Waals surface area contributed by atoms with E-state index < -0.39 is 5.41 Å². The molecule has 0 unspecified atom stereocenters. The summed E-state index contributed by atoms with van der Waals surface area (Å²) in [6, 6.07) is 79.0. The fraction of sp³-hybridized carbons (Fsp3) is 0.0182. The van der Waals surface area contributed by atoms with E-state index in [0.717, 1.165) is 56.1 Å². The maximum Gasteiger partial charge on any atom is 0.161 e. The van der Waals surface area contributed by atoms with Crippen molar-refractivity contribution in [2.45, 2.75) is 15.2 Å². The van der Waals surface area contributed by atoms with Crippen molar-refractivity contribution in [3.8, 4) is 11.1 Å². The standard InChI is InChI=1S/C55H36N2OS/c1-4-18-37(19-5-1)56(38-20-6-2-7-21-38)48-34-35-49(54-53(48)43-25-11-15-29-50(43)58-54)57(39-22-8-3-9-23-39)40-32-33-42-41-24-10-12-26-44(41)55(47(42)36-40)45-27-13-16-30-51(45)59-52-31-17-14-28-46(52)55/h1-36H. The molecule has 0 atom stereocenters. The molecule has 0 amide bonds. The van der Waals surface area contributed by atoms with Gasteiger partial charge in [-0.1, -0.05) is 151 Å². The molecular weight excluding hydrogens is 737 g/mol. The minimum absolute atomic E-state index is 0.493. The van der Waals surface area contributed by atoms with E-state index in [4.69, 9.17) is 4.42 Å². The van der Waals surface area contributed by atoms with Crippen LogP contribution in [0.4, 0.5) is 34.1 Å². The first kappa shape index (κ1) is 33.8. The Morgan fingerprint density at radius 3 is 1.51 bits per heavy atom. The zero-order valence-electron chi connectivity index (χ0n) is 32.0. The molecule has 0 saturated carbocycles. The lowest BCUT2D eigenvalue weighted by atomic mass is 9.67. The van der Waals surface area contributed by atoms with Crippen molar-refractivity contribution >= 4 is 67.8 Å². The highest BCUT2D eigenvalue weighted by molar-refractivity contribution is 7.99. The lowest BCUT2D eigenvalue weighted by Crippen LogP contribution is -2.32. The zero-order chi connectivity index (χ0) is 38.9. The zero-order valence-corrected chi connectivity index (χ0v) is 32.8. The van der Waals surface area contributed by atoms with E-state index in [1.165, 1.54) is 43.2 Å². The number of anilines is 6. The molecule has 1 aliphatic carbocycles. The predicted octanol–water partition coefficient (Wildman–Crippen LogP) is 15.4. The molecule has 59 heavy (non-hydrogen) atoms. The van der Waals surface area contributed by atoms with Gasteiger partial charge in [-0.05, 0) is 112 Å². The van der Waals surface area contributed by atoms with E-state index in [-0.39, 0.29) is 0 Å². The molecule has 3 nitrogen and oxygen atoms in total. The minimum Gasteiger partial charge on any atom is -0.454 e. The number of hydrogen-bond donors (Lipinski definition) is 0. The van der Waals surface area contributed by atoms with E-state index in [1.54, 1.807) is 0 Å². The summed E-state index contributed by atoms with van der Waals surface area (Å²) < 4.78 is 7.05. The summed E-state index contributed by atoms with van der Waals surface area (Å²) in [6.45, 7) is 0. The Kier molecular flexibility index (Phi) is 7.69. The molecule has 0 radical (unpaired) electrons. The summed E-state index contributed by atoms with van der Waals surface area (Å²) in [7, 11) is 0. The van der Waals surface area contributed by atoms with E-state index in [9.17, 15) is 0 Å². The molecule has 0 fully saturated rings. The Labute approximate surface area is 347 Å². The van der Waals surface area contributed by atoms with Crippen molar-refractivity contribution in [2.75, 3.05) is 9.80 Å². The summed E-state index contributed by atoms with van der Waals surface area (Å²) >= 11 is 1.87. The summed E-state index contributed by atoms with van der Waals surface area (Å²) in [6.07, 6.45) is 0. The largest absolute Gasteiger partial charge is 0.454 e. The second-order valence-corrected chi connectivity index (χ2v) is 16.3. The monoisotopic (exact) mass is 772 g/mol. The van der Waals surface area contributed by atoms with Gasteiger partial charge in [-0.15, -0.1) is 0 Å². The number of hydrogen-bond acceptors (Lipinski definition) is 4. The minimum atomic E-state index is -0.493. The molecule has 2 heterocycles. The normalized spacial score (nSPS) is 13.2. The van der Waals surface area contributed by atoms with Gasteiger partial charge in [0.2, 0.25) is 0 Å². The van der Waals surface area contributed by atoms with Crippen LogP contribution in [0.2, 0.25) is 0 Å². The smallest absolute Gasteiger partial charge is 0.161 e. The number of nitrogens with zero attached hydrogens (tertiary/aromatic N) is 2. The van der Waals surface area contributed by atoms with Crippen LogP contribution in [0.3, 0.4) is 0 Å². The molecule has 4 heteroatoms. The Hall–Kier alpha value is -7.27. The van der Waals surface area contributed by atoms with Crippen molar-refractivity contribution in [1.29, 1.82) is 0 Å². The second-order valence-electron chi connectivity index (χ2n) is 15.2. The van der Waals surface area contributed by atoms with E-state index in [1.807, 2.05) is 11.8 Å². The SMILES string of the molecule is c1ccc(N(c2ccc3c(c2)C2(c4ccccc4Sc4ccccc42)c2ccccc2-3)c2ccc(N(c3ccccc3)c3ccccc3)c3c2oc2ccccc23)cc1. The lowest BCUT2D eigenvalue weighted by Gasteiger charge is -2.40. The fourth-order valence-electron chi connectivity index (χ4n) is 9.73. The van der Waals surface area contributed by atoms with Crippen molar-refractivity contribution in [1.82, 2.24) is 0 Å². The first-order valence-corrected chi connectivity index (χ1v) is 20.9. The van der Waals surface area contributed by atoms with Gasteiger partial charge in [-0.2, -0.15) is 0 Å². The number of rotatable bonds is 6. The Balaban J connectivity index is 1.14. The molecule has 0 N–H and O–H groups in total. The summed E-state index contributed by atoms with van der Waals surface area (Å²) in [5.74, 6) is 0. The second kappa shape index (κ2) is 13.4. The highest BCUT2D eigenvalue weighted by Gasteiger charge is 2.50. The van der Waals surface area contributed by atoms with Crippen LogP contribution in [-0.2, 0) is 5.41 Å². The van der Waals surface area contributed by atoms with Crippen LogP contribution in [0.15, 0.2) is 233 Å². The molecule has 1 aliphatic heterocycles. The number of furan rings is 1. The molecule has 10 aromatic rings. The average Bonchev–Trinajstić information content (AvgIpc) is 3.83. The van der Waals surface area contributed by atoms with Gasteiger partial charge < -0.3 is 14.2 Å². The topological polar surface area (TPSA) is 19.6 Å². The number of benzene rings is 9. The van der Waals surface area contributed by atoms with Gasteiger partial charge in [0.25, 0.3) is 0 Å². The van der Waals surface area contributed by atoms with Gasteiger partial charge in [0, 0.05) is 37.9 Å². The molecule has 0 bridgehead atoms. The molecule has 2 aliphatic rings. The van der Waals surface area contributed by atoms with Crippen LogP contribution in [0.5, 0.6) is 0 Å². The molecule has 278 valence electrons. The van der Waals surface area contributed by atoms with Gasteiger partial charge in [0.1, 0.15) is 5.58 Å². The maximum absolute atomic E-state index is 7.05. The highest BCUT2D eigenvalue weighted by Crippen LogP contribution is 2.63. The van der Waals surface area contributed by atoms with E-state index >= 15 is 0 Å². The predicted molar refractivity (Wildman–Crippen MR) is 245 cm³/mol. The van der Waals surface area contributed by atoms with Crippen molar-refractivity contribution in [2.24, 2.45) is 0 Å². The van der Waals surface area contributed by atoms with Crippen LogP contribution in [-0.4, -0.2) is 0 Å². The van der Waals surface area contributed by atoms with Crippen LogP contribution >= 0.6 is 11.8 Å².